The molecule has 1 fully saturated rings. The van der Waals surface area contributed by atoms with Crippen LogP contribution in [0.5, 0.6) is 0 Å². The zero-order valence-corrected chi connectivity index (χ0v) is 11.6. The molecule has 1 aliphatic heterocycles. The summed E-state index contributed by atoms with van der Waals surface area (Å²) >= 11 is 0. The molecule has 0 aromatic heterocycles. The van der Waals surface area contributed by atoms with E-state index >= 15 is 0 Å². The van der Waals surface area contributed by atoms with Crippen LogP contribution >= 0.6 is 0 Å². The van der Waals surface area contributed by atoms with E-state index in [0.29, 0.717) is 0 Å². The first-order valence-corrected chi connectivity index (χ1v) is 7.14. The van der Waals surface area contributed by atoms with Crippen LogP contribution in [0.3, 0.4) is 0 Å². The topological polar surface area (TPSA) is 78.7 Å². The van der Waals surface area contributed by atoms with Crippen molar-refractivity contribution in [1.29, 1.82) is 0 Å². The van der Waals surface area contributed by atoms with Gasteiger partial charge in [0.25, 0.3) is 0 Å². The van der Waals surface area contributed by atoms with Gasteiger partial charge in [-0.2, -0.15) is 0 Å². The van der Waals surface area contributed by atoms with Crippen LogP contribution in [0.1, 0.15) is 25.7 Å². The van der Waals surface area contributed by atoms with Crippen LogP contribution in [0.4, 0.5) is 0 Å². The Kier molecular flexibility index (Phi) is 8.16. The Labute approximate surface area is 115 Å². The number of hydrogen-bond donors (Lipinski definition) is 2. The number of carbonyl (C=O) groups is 2. The molecule has 0 aromatic carbocycles. The molecule has 0 saturated carbocycles. The van der Waals surface area contributed by atoms with Crippen molar-refractivity contribution in [3.63, 3.8) is 0 Å². The van der Waals surface area contributed by atoms with Crippen LogP contribution in [0, 0.1) is 0 Å². The monoisotopic (exact) mass is 270 g/mol. The number of hydrogen-bond acceptors (Lipinski definition) is 4. The van der Waals surface area contributed by atoms with E-state index < -0.39 is 0 Å². The van der Waals surface area contributed by atoms with Crippen molar-refractivity contribution in [2.75, 3.05) is 45.8 Å². The van der Waals surface area contributed by atoms with Gasteiger partial charge in [-0.1, -0.05) is 12.8 Å². The van der Waals surface area contributed by atoms with Crippen molar-refractivity contribution in [1.82, 2.24) is 15.1 Å². The largest absolute Gasteiger partial charge is 0.355 e. The Bertz CT molecular complexity index is 265. The lowest BCUT2D eigenvalue weighted by molar-refractivity contribution is -0.120. The molecule has 0 aromatic rings. The third kappa shape index (κ3) is 7.12. The molecule has 6 nitrogen and oxygen atoms in total. The fraction of sp³-hybridized carbons (Fsp3) is 0.846. The third-order valence-electron chi connectivity index (χ3n) is 3.46. The van der Waals surface area contributed by atoms with Crippen molar-refractivity contribution in [3.05, 3.63) is 0 Å². The lowest BCUT2D eigenvalue weighted by Crippen LogP contribution is -2.45. The predicted molar refractivity (Wildman–Crippen MR) is 74.6 cm³/mol. The minimum absolute atomic E-state index is 0.0759. The molecule has 1 aliphatic rings. The fourth-order valence-corrected chi connectivity index (χ4v) is 2.21. The van der Waals surface area contributed by atoms with E-state index in [4.69, 9.17) is 5.73 Å². The highest BCUT2D eigenvalue weighted by Crippen LogP contribution is 2.04. The van der Waals surface area contributed by atoms with Gasteiger partial charge in [0.15, 0.2) is 0 Å². The van der Waals surface area contributed by atoms with Crippen LogP contribution < -0.4 is 11.1 Å². The second-order valence-electron chi connectivity index (χ2n) is 4.95. The van der Waals surface area contributed by atoms with Gasteiger partial charge in [-0.25, -0.2) is 0 Å². The summed E-state index contributed by atoms with van der Waals surface area (Å²) in [4.78, 5) is 25.7. The zero-order valence-electron chi connectivity index (χ0n) is 11.6. The molecule has 0 spiro atoms. The Morgan fingerprint density at radius 3 is 2.42 bits per heavy atom. The molecule has 110 valence electrons. The average Bonchev–Trinajstić information content (AvgIpc) is 2.46. The molecule has 6 heteroatoms. The van der Waals surface area contributed by atoms with Gasteiger partial charge in [-0.05, 0) is 19.4 Å². The molecule has 1 heterocycles. The molecular formula is C13H26N4O2. The quantitative estimate of drug-likeness (QED) is 0.433. The minimum Gasteiger partial charge on any atom is -0.355 e. The van der Waals surface area contributed by atoms with E-state index in [0.717, 1.165) is 58.5 Å². The van der Waals surface area contributed by atoms with E-state index in [1.165, 1.54) is 12.8 Å². The summed E-state index contributed by atoms with van der Waals surface area (Å²) in [5.74, 6) is -0.0759. The normalized spacial score (nSPS) is 16.4. The maximum atomic E-state index is 10.9. The van der Waals surface area contributed by atoms with Crippen LogP contribution in [0.15, 0.2) is 0 Å². The van der Waals surface area contributed by atoms with Gasteiger partial charge in [0.2, 0.25) is 12.3 Å². The van der Waals surface area contributed by atoms with Gasteiger partial charge in [-0.15, -0.1) is 0 Å². The predicted octanol–water partition coefficient (Wildman–Crippen LogP) is -0.604. The summed E-state index contributed by atoms with van der Waals surface area (Å²) in [6.07, 6.45) is 5.47. The van der Waals surface area contributed by atoms with E-state index in [2.05, 4.69) is 10.2 Å². The summed E-state index contributed by atoms with van der Waals surface area (Å²) < 4.78 is 0. The first-order chi connectivity index (χ1) is 9.26. The van der Waals surface area contributed by atoms with E-state index in [1.54, 1.807) is 0 Å². The summed E-state index contributed by atoms with van der Waals surface area (Å²) in [7, 11) is 0. The molecule has 0 radical (unpaired) electrons. The maximum absolute atomic E-state index is 10.9. The van der Waals surface area contributed by atoms with Crippen molar-refractivity contribution in [3.8, 4) is 0 Å². The van der Waals surface area contributed by atoms with Gasteiger partial charge < -0.3 is 16.0 Å². The number of nitrogens with one attached hydrogen (secondary N) is 1. The summed E-state index contributed by atoms with van der Waals surface area (Å²) in [6.45, 7) is 5.61. The second kappa shape index (κ2) is 9.75. The molecule has 0 bridgehead atoms. The Morgan fingerprint density at radius 1 is 1.11 bits per heavy atom. The molecule has 0 atom stereocenters. The van der Waals surface area contributed by atoms with Crippen LogP contribution in [0.25, 0.3) is 0 Å². The number of rotatable bonds is 9. The highest BCUT2D eigenvalue weighted by atomic mass is 16.1. The smallest absolute Gasteiger partial charge is 0.233 e. The standard InChI is InChI=1S/C13H26N4O2/c14-11-13(19)15-5-3-1-2-4-6-16-7-9-17(12-18)10-8-16/h12H,1-11,14H2,(H,15,19). The van der Waals surface area contributed by atoms with Crippen LogP contribution in [-0.4, -0.2) is 67.9 Å². The molecule has 3 N–H and O–H groups in total. The third-order valence-corrected chi connectivity index (χ3v) is 3.46. The first-order valence-electron chi connectivity index (χ1n) is 7.14. The molecule has 0 aliphatic carbocycles. The highest BCUT2D eigenvalue weighted by Gasteiger charge is 2.14. The Morgan fingerprint density at radius 2 is 1.79 bits per heavy atom. The minimum atomic E-state index is -0.0759. The number of piperazine rings is 1. The van der Waals surface area contributed by atoms with Gasteiger partial charge in [0, 0.05) is 32.7 Å². The van der Waals surface area contributed by atoms with Crippen molar-refractivity contribution < 1.29 is 9.59 Å². The van der Waals surface area contributed by atoms with Crippen molar-refractivity contribution in [2.45, 2.75) is 25.7 Å². The van der Waals surface area contributed by atoms with E-state index in [-0.39, 0.29) is 12.5 Å². The van der Waals surface area contributed by atoms with Crippen LogP contribution in [-0.2, 0) is 9.59 Å². The van der Waals surface area contributed by atoms with Gasteiger partial charge in [-0.3, -0.25) is 14.5 Å². The Hall–Kier alpha value is -1.14. The van der Waals surface area contributed by atoms with Crippen molar-refractivity contribution >= 4 is 12.3 Å². The van der Waals surface area contributed by atoms with E-state index in [9.17, 15) is 9.59 Å². The number of amides is 2. The summed E-state index contributed by atoms with van der Waals surface area (Å²) in [5.41, 5.74) is 5.19. The number of unbranched alkanes of at least 4 members (excludes halogenated alkanes) is 3. The highest BCUT2D eigenvalue weighted by molar-refractivity contribution is 5.77. The lowest BCUT2D eigenvalue weighted by Gasteiger charge is -2.32. The number of nitrogens with zero attached hydrogens (tertiary/aromatic N) is 2. The molecular weight excluding hydrogens is 244 g/mol. The van der Waals surface area contributed by atoms with E-state index in [1.807, 2.05) is 4.90 Å². The second-order valence-corrected chi connectivity index (χ2v) is 4.95. The first kappa shape index (κ1) is 15.9. The molecule has 0 unspecified atom stereocenters. The number of nitrogens with two attached hydrogens (primary N) is 1. The van der Waals surface area contributed by atoms with Crippen molar-refractivity contribution in [2.24, 2.45) is 5.73 Å². The van der Waals surface area contributed by atoms with Gasteiger partial charge in [0.1, 0.15) is 0 Å². The van der Waals surface area contributed by atoms with Gasteiger partial charge in [0.05, 0.1) is 6.54 Å². The summed E-state index contributed by atoms with van der Waals surface area (Å²) in [6, 6.07) is 0. The number of carbonyl (C=O) groups excluding carboxylic acids is 2. The molecule has 1 saturated heterocycles. The Balaban J connectivity index is 1.88. The fourth-order valence-electron chi connectivity index (χ4n) is 2.21. The SMILES string of the molecule is NCC(=O)NCCCCCCN1CCN(C=O)CC1. The van der Waals surface area contributed by atoms with Gasteiger partial charge >= 0.3 is 0 Å². The summed E-state index contributed by atoms with van der Waals surface area (Å²) in [5, 5.41) is 2.77. The zero-order chi connectivity index (χ0) is 13.9. The average molecular weight is 270 g/mol. The lowest BCUT2D eigenvalue weighted by atomic mass is 10.2. The molecule has 1 rings (SSSR count). The molecule has 2 amide bonds. The maximum Gasteiger partial charge on any atom is 0.233 e. The molecule has 19 heavy (non-hydrogen) atoms. The van der Waals surface area contributed by atoms with Crippen LogP contribution in [0.2, 0.25) is 0 Å².